The lowest BCUT2D eigenvalue weighted by atomic mass is 10.0. The Morgan fingerprint density at radius 1 is 1.04 bits per heavy atom. The molecule has 3 aromatic rings. The van der Waals surface area contributed by atoms with Gasteiger partial charge in [0.2, 0.25) is 5.91 Å². The van der Waals surface area contributed by atoms with E-state index in [9.17, 15) is 9.59 Å². The van der Waals surface area contributed by atoms with Crippen LogP contribution in [0.3, 0.4) is 0 Å². The number of rotatable bonds is 7. The number of H-pyrrole nitrogens is 1. The molecule has 144 valence electrons. The number of nitrogens with zero attached hydrogens (tertiary/aromatic N) is 1. The molecule has 0 unspecified atom stereocenters. The molecule has 0 saturated carbocycles. The molecule has 1 heterocycles. The smallest absolute Gasteiger partial charge is 0.251 e. The SMILES string of the molecule is CC(C)c1nc(C[C@H](NC(=O)Cc2ccccc2)c2ccccc2)cc(=O)[nH]1. The largest absolute Gasteiger partial charge is 0.349 e. The van der Waals surface area contributed by atoms with E-state index >= 15 is 0 Å². The van der Waals surface area contributed by atoms with Crippen molar-refractivity contribution in [1.82, 2.24) is 15.3 Å². The summed E-state index contributed by atoms with van der Waals surface area (Å²) in [6.45, 7) is 3.97. The van der Waals surface area contributed by atoms with Crippen molar-refractivity contribution in [3.8, 4) is 0 Å². The number of aromatic nitrogens is 2. The average Bonchev–Trinajstić information content (AvgIpc) is 2.68. The van der Waals surface area contributed by atoms with E-state index in [4.69, 9.17) is 0 Å². The third-order valence-corrected chi connectivity index (χ3v) is 4.52. The number of benzene rings is 2. The van der Waals surface area contributed by atoms with Crippen molar-refractivity contribution in [2.45, 2.75) is 38.6 Å². The number of hydrogen-bond donors (Lipinski definition) is 2. The Hall–Kier alpha value is -3.21. The first kappa shape index (κ1) is 19.5. The molecule has 2 N–H and O–H groups in total. The average molecular weight is 375 g/mol. The van der Waals surface area contributed by atoms with Crippen LogP contribution in [0.25, 0.3) is 0 Å². The number of nitrogens with one attached hydrogen (secondary N) is 2. The van der Waals surface area contributed by atoms with E-state index in [1.807, 2.05) is 74.5 Å². The Morgan fingerprint density at radius 2 is 1.68 bits per heavy atom. The zero-order valence-electron chi connectivity index (χ0n) is 16.2. The molecule has 0 spiro atoms. The Morgan fingerprint density at radius 3 is 2.32 bits per heavy atom. The molecule has 1 aromatic heterocycles. The van der Waals surface area contributed by atoms with Gasteiger partial charge >= 0.3 is 0 Å². The number of carbonyl (C=O) groups excluding carboxylic acids is 1. The maximum absolute atomic E-state index is 12.6. The monoisotopic (exact) mass is 375 g/mol. The zero-order valence-corrected chi connectivity index (χ0v) is 16.2. The first-order valence-electron chi connectivity index (χ1n) is 9.49. The van der Waals surface area contributed by atoms with E-state index in [1.165, 1.54) is 6.07 Å². The Labute approximate surface area is 164 Å². The van der Waals surface area contributed by atoms with Crippen LogP contribution in [0.2, 0.25) is 0 Å². The van der Waals surface area contributed by atoms with Crippen LogP contribution in [0.15, 0.2) is 71.5 Å². The Kier molecular flexibility index (Phi) is 6.37. The second-order valence-corrected chi connectivity index (χ2v) is 7.17. The van der Waals surface area contributed by atoms with Gasteiger partial charge in [0.25, 0.3) is 5.56 Å². The number of amides is 1. The molecular weight excluding hydrogens is 350 g/mol. The molecule has 0 saturated heterocycles. The highest BCUT2D eigenvalue weighted by molar-refractivity contribution is 5.79. The van der Waals surface area contributed by atoms with Crippen LogP contribution in [-0.4, -0.2) is 15.9 Å². The van der Waals surface area contributed by atoms with Crippen molar-refractivity contribution in [2.75, 3.05) is 0 Å². The van der Waals surface area contributed by atoms with Gasteiger partial charge in [0, 0.05) is 18.4 Å². The van der Waals surface area contributed by atoms with Crippen molar-refractivity contribution in [3.05, 3.63) is 99.7 Å². The van der Waals surface area contributed by atoms with Crippen LogP contribution in [0.5, 0.6) is 0 Å². The summed E-state index contributed by atoms with van der Waals surface area (Å²) >= 11 is 0. The van der Waals surface area contributed by atoms with Gasteiger partial charge in [-0.2, -0.15) is 0 Å². The van der Waals surface area contributed by atoms with Gasteiger partial charge in [0.15, 0.2) is 0 Å². The molecule has 1 amide bonds. The summed E-state index contributed by atoms with van der Waals surface area (Å²) in [5.41, 5.74) is 2.44. The number of aromatic amines is 1. The maximum Gasteiger partial charge on any atom is 0.251 e. The second-order valence-electron chi connectivity index (χ2n) is 7.17. The molecule has 5 nitrogen and oxygen atoms in total. The predicted octanol–water partition coefficient (Wildman–Crippen LogP) is 3.54. The Bertz CT molecular complexity index is 966. The lowest BCUT2D eigenvalue weighted by Crippen LogP contribution is -2.31. The summed E-state index contributed by atoms with van der Waals surface area (Å²) < 4.78 is 0. The van der Waals surface area contributed by atoms with E-state index in [0.717, 1.165) is 11.1 Å². The zero-order chi connectivity index (χ0) is 19.9. The van der Waals surface area contributed by atoms with Gasteiger partial charge < -0.3 is 10.3 Å². The summed E-state index contributed by atoms with van der Waals surface area (Å²) in [5.74, 6) is 0.717. The summed E-state index contributed by atoms with van der Waals surface area (Å²) in [5, 5.41) is 3.11. The highest BCUT2D eigenvalue weighted by Crippen LogP contribution is 2.18. The number of carbonyl (C=O) groups is 1. The van der Waals surface area contributed by atoms with Crippen LogP contribution in [0.4, 0.5) is 0 Å². The van der Waals surface area contributed by atoms with Gasteiger partial charge in [0.1, 0.15) is 5.82 Å². The van der Waals surface area contributed by atoms with Gasteiger partial charge in [-0.3, -0.25) is 9.59 Å². The molecule has 0 aliphatic rings. The minimum absolute atomic E-state index is 0.0611. The van der Waals surface area contributed by atoms with Crippen LogP contribution >= 0.6 is 0 Å². The second kappa shape index (κ2) is 9.13. The standard InChI is InChI=1S/C23H25N3O2/c1-16(2)23-24-19(15-22(28)26-23)14-20(18-11-7-4-8-12-18)25-21(27)13-17-9-5-3-6-10-17/h3-12,15-16,20H,13-14H2,1-2H3,(H,25,27)(H,24,26,28)/t20-/m0/s1. The van der Waals surface area contributed by atoms with Crippen LogP contribution in [0, 0.1) is 0 Å². The minimum Gasteiger partial charge on any atom is -0.349 e. The molecule has 0 aliphatic carbocycles. The minimum atomic E-state index is -0.258. The highest BCUT2D eigenvalue weighted by Gasteiger charge is 2.17. The van der Waals surface area contributed by atoms with Gasteiger partial charge in [-0.1, -0.05) is 74.5 Å². The first-order valence-corrected chi connectivity index (χ1v) is 9.49. The Balaban J connectivity index is 1.82. The van der Waals surface area contributed by atoms with Gasteiger partial charge in [-0.25, -0.2) is 4.98 Å². The molecule has 28 heavy (non-hydrogen) atoms. The maximum atomic E-state index is 12.6. The normalized spacial score (nSPS) is 12.0. The topological polar surface area (TPSA) is 74.8 Å². The van der Waals surface area contributed by atoms with Crippen molar-refractivity contribution >= 4 is 5.91 Å². The van der Waals surface area contributed by atoms with Crippen molar-refractivity contribution in [3.63, 3.8) is 0 Å². The third kappa shape index (κ3) is 5.39. The molecule has 2 aromatic carbocycles. The summed E-state index contributed by atoms with van der Waals surface area (Å²) in [7, 11) is 0. The van der Waals surface area contributed by atoms with Gasteiger partial charge in [-0.05, 0) is 11.1 Å². The lowest BCUT2D eigenvalue weighted by Gasteiger charge is -2.19. The quantitative estimate of drug-likeness (QED) is 0.663. The van der Waals surface area contributed by atoms with E-state index in [0.29, 0.717) is 24.4 Å². The van der Waals surface area contributed by atoms with Crippen molar-refractivity contribution < 1.29 is 4.79 Å². The summed E-state index contributed by atoms with van der Waals surface area (Å²) in [4.78, 5) is 32.0. The fourth-order valence-corrected chi connectivity index (χ4v) is 3.08. The molecule has 0 fully saturated rings. The molecule has 0 bridgehead atoms. The van der Waals surface area contributed by atoms with E-state index in [2.05, 4.69) is 15.3 Å². The third-order valence-electron chi connectivity index (χ3n) is 4.52. The molecule has 5 heteroatoms. The van der Waals surface area contributed by atoms with Crippen molar-refractivity contribution in [1.29, 1.82) is 0 Å². The fourth-order valence-electron chi connectivity index (χ4n) is 3.08. The number of hydrogen-bond acceptors (Lipinski definition) is 3. The summed E-state index contributed by atoms with van der Waals surface area (Å²) in [6.07, 6.45) is 0.762. The summed E-state index contributed by atoms with van der Waals surface area (Å²) in [6, 6.07) is 20.7. The van der Waals surface area contributed by atoms with E-state index in [-0.39, 0.29) is 23.4 Å². The van der Waals surface area contributed by atoms with Crippen LogP contribution in [-0.2, 0) is 17.6 Å². The predicted molar refractivity (Wildman–Crippen MR) is 110 cm³/mol. The molecular formula is C23H25N3O2. The molecule has 3 rings (SSSR count). The van der Waals surface area contributed by atoms with Crippen LogP contribution < -0.4 is 10.9 Å². The highest BCUT2D eigenvalue weighted by atomic mass is 16.1. The van der Waals surface area contributed by atoms with E-state index in [1.54, 1.807) is 0 Å². The first-order chi connectivity index (χ1) is 13.5. The van der Waals surface area contributed by atoms with Crippen LogP contribution in [0.1, 0.15) is 48.5 Å². The van der Waals surface area contributed by atoms with Gasteiger partial charge in [0.05, 0.1) is 18.2 Å². The fraction of sp³-hybridized carbons (Fsp3) is 0.261. The van der Waals surface area contributed by atoms with E-state index < -0.39 is 0 Å². The molecule has 1 atom stereocenters. The molecule has 0 aliphatic heterocycles. The van der Waals surface area contributed by atoms with Crippen molar-refractivity contribution in [2.24, 2.45) is 0 Å². The van der Waals surface area contributed by atoms with Gasteiger partial charge in [-0.15, -0.1) is 0 Å². The molecule has 0 radical (unpaired) electrons. The lowest BCUT2D eigenvalue weighted by molar-refractivity contribution is -0.121.